The van der Waals surface area contributed by atoms with Crippen LogP contribution in [0, 0.1) is 19.8 Å². The Morgan fingerprint density at radius 3 is 2.52 bits per heavy atom. The van der Waals surface area contributed by atoms with Gasteiger partial charge in [-0.15, -0.1) is 0 Å². The van der Waals surface area contributed by atoms with Gasteiger partial charge in [-0.2, -0.15) is 0 Å². The summed E-state index contributed by atoms with van der Waals surface area (Å²) in [6, 6.07) is 14.1. The molecule has 0 bridgehead atoms. The third-order valence-electron chi connectivity index (χ3n) is 7.33. The zero-order chi connectivity index (χ0) is 23.5. The highest BCUT2D eigenvalue weighted by Crippen LogP contribution is 2.32. The molecule has 2 aromatic carbocycles. The summed E-state index contributed by atoms with van der Waals surface area (Å²) in [4.78, 5) is 30.9. The highest BCUT2D eigenvalue weighted by Gasteiger charge is 2.37. The molecule has 2 amide bonds. The number of aryl methyl sites for hydroxylation is 2. The van der Waals surface area contributed by atoms with Gasteiger partial charge in [0.15, 0.2) is 0 Å². The fourth-order valence-corrected chi connectivity index (χ4v) is 5.34. The molecule has 2 heterocycles. The number of hydrogen-bond donors (Lipinski definition) is 1. The molecule has 2 aromatic rings. The second-order valence-corrected chi connectivity index (χ2v) is 9.98. The average molecular weight is 448 g/mol. The van der Waals surface area contributed by atoms with Crippen molar-refractivity contribution in [2.24, 2.45) is 5.92 Å². The van der Waals surface area contributed by atoms with Gasteiger partial charge in [-0.05, 0) is 68.2 Å². The van der Waals surface area contributed by atoms with Crippen molar-refractivity contribution in [3.05, 3.63) is 70.3 Å². The minimum atomic E-state index is -0.384. The summed E-state index contributed by atoms with van der Waals surface area (Å²) < 4.78 is 0. The van der Waals surface area contributed by atoms with Gasteiger partial charge in [-0.3, -0.25) is 14.5 Å². The van der Waals surface area contributed by atoms with E-state index in [1.807, 2.05) is 24.0 Å². The molecule has 5 nitrogen and oxygen atoms in total. The first-order valence-electron chi connectivity index (χ1n) is 12.3. The van der Waals surface area contributed by atoms with Gasteiger partial charge in [-0.1, -0.05) is 55.0 Å². The molecule has 0 radical (unpaired) electrons. The predicted octanol–water partition coefficient (Wildman–Crippen LogP) is 4.34. The summed E-state index contributed by atoms with van der Waals surface area (Å²) in [6.45, 7) is 11.0. The Hall–Kier alpha value is -2.66. The first-order chi connectivity index (χ1) is 15.8. The van der Waals surface area contributed by atoms with E-state index in [1.165, 1.54) is 16.7 Å². The smallest absolute Gasteiger partial charge is 0.244 e. The molecule has 33 heavy (non-hydrogen) atoms. The molecular weight excluding hydrogens is 410 g/mol. The van der Waals surface area contributed by atoms with Crippen LogP contribution >= 0.6 is 0 Å². The van der Waals surface area contributed by atoms with Crippen molar-refractivity contribution < 1.29 is 9.59 Å². The van der Waals surface area contributed by atoms with Crippen molar-refractivity contribution in [3.8, 4) is 0 Å². The zero-order valence-electron chi connectivity index (χ0n) is 20.4. The number of carbonyl (C=O) groups is 2. The van der Waals surface area contributed by atoms with Crippen LogP contribution in [0.2, 0.25) is 0 Å². The second kappa shape index (κ2) is 10.1. The maximum Gasteiger partial charge on any atom is 0.244 e. The van der Waals surface area contributed by atoms with Crippen LogP contribution in [0.1, 0.15) is 66.6 Å². The molecule has 1 fully saturated rings. The zero-order valence-corrected chi connectivity index (χ0v) is 20.4. The van der Waals surface area contributed by atoms with E-state index in [4.69, 9.17) is 0 Å². The maximum absolute atomic E-state index is 13.7. The number of benzene rings is 2. The number of amides is 2. The summed E-state index contributed by atoms with van der Waals surface area (Å²) in [7, 11) is 0. The highest BCUT2D eigenvalue weighted by atomic mass is 16.2. The third-order valence-corrected chi connectivity index (χ3v) is 7.33. The van der Waals surface area contributed by atoms with Crippen molar-refractivity contribution in [2.45, 2.75) is 59.0 Å². The van der Waals surface area contributed by atoms with Gasteiger partial charge in [-0.25, -0.2) is 0 Å². The van der Waals surface area contributed by atoms with E-state index in [0.717, 1.165) is 43.5 Å². The standard InChI is InChI=1S/C28H37N3O2/c1-19-11-14-30(15-12-19)28(33)27-25-8-6-5-7-23(25)13-16-31(27)18-26(32)29-22(4)24-10-9-20(2)17-21(24)3/h5-10,17,19,22,27H,11-16,18H2,1-4H3,(H,29,32)/t22-,27-/m0/s1. The molecule has 1 saturated heterocycles. The summed E-state index contributed by atoms with van der Waals surface area (Å²) in [5.74, 6) is 0.775. The van der Waals surface area contributed by atoms with Crippen molar-refractivity contribution in [2.75, 3.05) is 26.2 Å². The lowest BCUT2D eigenvalue weighted by molar-refractivity contribution is -0.140. The molecule has 0 saturated carbocycles. The van der Waals surface area contributed by atoms with Gasteiger partial charge in [0.25, 0.3) is 0 Å². The molecule has 0 aliphatic carbocycles. The number of hydrogen-bond acceptors (Lipinski definition) is 3. The average Bonchev–Trinajstić information content (AvgIpc) is 2.78. The minimum Gasteiger partial charge on any atom is -0.348 e. The van der Waals surface area contributed by atoms with Gasteiger partial charge in [0.05, 0.1) is 12.6 Å². The van der Waals surface area contributed by atoms with Gasteiger partial charge >= 0.3 is 0 Å². The van der Waals surface area contributed by atoms with Crippen LogP contribution < -0.4 is 5.32 Å². The summed E-state index contributed by atoms with van der Waals surface area (Å²) in [6.07, 6.45) is 2.96. The van der Waals surface area contributed by atoms with Crippen molar-refractivity contribution >= 4 is 11.8 Å². The van der Waals surface area contributed by atoms with Crippen LogP contribution in [0.15, 0.2) is 42.5 Å². The SMILES string of the molecule is Cc1ccc([C@H](C)NC(=O)CN2CCc3ccccc3[C@H]2C(=O)N2CCC(C)CC2)c(C)c1. The minimum absolute atomic E-state index is 0.0353. The number of nitrogens with zero attached hydrogens (tertiary/aromatic N) is 2. The Morgan fingerprint density at radius 1 is 1.06 bits per heavy atom. The van der Waals surface area contributed by atoms with Gasteiger partial charge in [0.2, 0.25) is 11.8 Å². The van der Waals surface area contributed by atoms with Crippen molar-refractivity contribution in [3.63, 3.8) is 0 Å². The van der Waals surface area contributed by atoms with E-state index >= 15 is 0 Å². The number of nitrogens with one attached hydrogen (secondary N) is 1. The summed E-state index contributed by atoms with van der Waals surface area (Å²) >= 11 is 0. The summed E-state index contributed by atoms with van der Waals surface area (Å²) in [5.41, 5.74) is 5.81. The van der Waals surface area contributed by atoms with Crippen LogP contribution in [0.25, 0.3) is 0 Å². The molecule has 4 rings (SSSR count). The van der Waals surface area contributed by atoms with E-state index in [2.05, 4.69) is 61.3 Å². The molecule has 1 N–H and O–H groups in total. The van der Waals surface area contributed by atoms with E-state index in [0.29, 0.717) is 12.5 Å². The second-order valence-electron chi connectivity index (χ2n) is 9.98. The molecule has 2 aliphatic heterocycles. The number of piperidine rings is 1. The lowest BCUT2D eigenvalue weighted by Gasteiger charge is -2.40. The number of likely N-dealkylation sites (tertiary alicyclic amines) is 1. The highest BCUT2D eigenvalue weighted by molar-refractivity contribution is 5.86. The van der Waals surface area contributed by atoms with E-state index < -0.39 is 0 Å². The lowest BCUT2D eigenvalue weighted by Crippen LogP contribution is -2.50. The van der Waals surface area contributed by atoms with Crippen LogP contribution in [0.3, 0.4) is 0 Å². The van der Waals surface area contributed by atoms with Crippen LogP contribution in [-0.4, -0.2) is 47.8 Å². The van der Waals surface area contributed by atoms with E-state index in [9.17, 15) is 9.59 Å². The largest absolute Gasteiger partial charge is 0.348 e. The quantitative estimate of drug-likeness (QED) is 0.742. The molecule has 176 valence electrons. The van der Waals surface area contributed by atoms with E-state index in [1.54, 1.807) is 0 Å². The lowest BCUT2D eigenvalue weighted by atomic mass is 9.90. The van der Waals surface area contributed by atoms with Gasteiger partial charge in [0, 0.05) is 19.6 Å². The Kier molecular flexibility index (Phi) is 7.18. The Balaban J connectivity index is 1.50. The monoisotopic (exact) mass is 447 g/mol. The Labute approximate surface area is 198 Å². The number of carbonyl (C=O) groups excluding carboxylic acids is 2. The molecular formula is C28H37N3O2. The molecule has 0 aromatic heterocycles. The Morgan fingerprint density at radius 2 is 1.79 bits per heavy atom. The maximum atomic E-state index is 13.7. The van der Waals surface area contributed by atoms with Gasteiger partial charge < -0.3 is 10.2 Å². The number of fused-ring (bicyclic) bond motifs is 1. The first-order valence-corrected chi connectivity index (χ1v) is 12.3. The fraction of sp³-hybridized carbons (Fsp3) is 0.500. The molecule has 2 atom stereocenters. The van der Waals surface area contributed by atoms with E-state index in [-0.39, 0.29) is 30.4 Å². The summed E-state index contributed by atoms with van der Waals surface area (Å²) in [5, 5.41) is 3.17. The predicted molar refractivity (Wildman–Crippen MR) is 132 cm³/mol. The van der Waals surface area contributed by atoms with Gasteiger partial charge in [0.1, 0.15) is 6.04 Å². The van der Waals surface area contributed by atoms with Crippen LogP contribution in [0.4, 0.5) is 0 Å². The number of rotatable bonds is 5. The third kappa shape index (κ3) is 5.30. The van der Waals surface area contributed by atoms with Crippen molar-refractivity contribution in [1.82, 2.24) is 15.1 Å². The molecule has 5 heteroatoms. The van der Waals surface area contributed by atoms with Crippen LogP contribution in [0.5, 0.6) is 0 Å². The molecule has 0 unspecified atom stereocenters. The first kappa shape index (κ1) is 23.5. The normalized spacial score (nSPS) is 20.2. The van der Waals surface area contributed by atoms with Crippen LogP contribution in [-0.2, 0) is 16.0 Å². The topological polar surface area (TPSA) is 52.7 Å². The Bertz CT molecular complexity index is 1010. The van der Waals surface area contributed by atoms with Crippen molar-refractivity contribution in [1.29, 1.82) is 0 Å². The molecule has 2 aliphatic rings. The fourth-order valence-electron chi connectivity index (χ4n) is 5.34. The molecule has 0 spiro atoms.